The standard InChI is InChI=1S/C19H16N6O3/c1-2-28-19(27)15-12-22-25(13-7-4-3-5-8-13)17(15)23-18(26)14-11-21-24-10-6-9-20-16(14)24/h3-12H,2H2,1H3,(H,23,26). The number of para-hydroxylation sites is 1. The molecular weight excluding hydrogens is 360 g/mol. The molecule has 0 aliphatic heterocycles. The number of fused-ring (bicyclic) bond motifs is 1. The fourth-order valence-corrected chi connectivity index (χ4v) is 2.75. The van der Waals surface area contributed by atoms with Crippen LogP contribution in [-0.4, -0.2) is 42.9 Å². The summed E-state index contributed by atoms with van der Waals surface area (Å²) in [6.07, 6.45) is 6.06. The van der Waals surface area contributed by atoms with E-state index < -0.39 is 11.9 Å². The van der Waals surface area contributed by atoms with Crippen LogP contribution in [0.25, 0.3) is 11.3 Å². The molecule has 1 aromatic carbocycles. The van der Waals surface area contributed by atoms with Gasteiger partial charge in [-0.3, -0.25) is 4.79 Å². The third-order valence-electron chi connectivity index (χ3n) is 4.02. The highest BCUT2D eigenvalue weighted by molar-refractivity contribution is 6.10. The van der Waals surface area contributed by atoms with E-state index in [9.17, 15) is 9.59 Å². The lowest BCUT2D eigenvalue weighted by Crippen LogP contribution is -2.18. The van der Waals surface area contributed by atoms with Gasteiger partial charge < -0.3 is 10.1 Å². The van der Waals surface area contributed by atoms with Crippen molar-refractivity contribution < 1.29 is 14.3 Å². The quantitative estimate of drug-likeness (QED) is 0.536. The summed E-state index contributed by atoms with van der Waals surface area (Å²) in [6, 6.07) is 10.9. The van der Waals surface area contributed by atoms with Crippen LogP contribution in [-0.2, 0) is 4.74 Å². The predicted octanol–water partition coefficient (Wildman–Crippen LogP) is 2.34. The highest BCUT2D eigenvalue weighted by Gasteiger charge is 2.23. The molecule has 0 fully saturated rings. The number of carbonyl (C=O) groups excluding carboxylic acids is 2. The van der Waals surface area contributed by atoms with E-state index in [1.165, 1.54) is 21.6 Å². The number of nitrogens with one attached hydrogen (secondary N) is 1. The first-order valence-electron chi connectivity index (χ1n) is 8.59. The number of rotatable bonds is 5. The van der Waals surface area contributed by atoms with Crippen molar-refractivity contribution in [3.8, 4) is 5.69 Å². The Morgan fingerprint density at radius 3 is 2.64 bits per heavy atom. The van der Waals surface area contributed by atoms with Crippen LogP contribution in [0.1, 0.15) is 27.6 Å². The van der Waals surface area contributed by atoms with E-state index in [0.717, 1.165) is 0 Å². The lowest BCUT2D eigenvalue weighted by molar-refractivity contribution is 0.0527. The van der Waals surface area contributed by atoms with Crippen molar-refractivity contribution in [3.63, 3.8) is 0 Å². The van der Waals surface area contributed by atoms with E-state index in [4.69, 9.17) is 4.74 Å². The molecule has 1 amide bonds. The number of anilines is 1. The van der Waals surface area contributed by atoms with Crippen LogP contribution >= 0.6 is 0 Å². The molecule has 0 radical (unpaired) electrons. The summed E-state index contributed by atoms with van der Waals surface area (Å²) in [5.41, 5.74) is 1.52. The molecular formula is C19H16N6O3. The number of carbonyl (C=O) groups is 2. The topological polar surface area (TPSA) is 103 Å². The molecule has 0 spiro atoms. The van der Waals surface area contributed by atoms with Crippen molar-refractivity contribution in [3.05, 3.63) is 72.3 Å². The molecule has 140 valence electrons. The lowest BCUT2D eigenvalue weighted by atomic mass is 10.2. The number of esters is 1. The number of hydrogen-bond acceptors (Lipinski definition) is 6. The molecule has 0 aliphatic carbocycles. The molecule has 9 heteroatoms. The second kappa shape index (κ2) is 7.31. The molecule has 9 nitrogen and oxygen atoms in total. The number of amides is 1. The van der Waals surface area contributed by atoms with E-state index >= 15 is 0 Å². The van der Waals surface area contributed by atoms with Gasteiger partial charge in [0, 0.05) is 12.4 Å². The highest BCUT2D eigenvalue weighted by Crippen LogP contribution is 2.22. The van der Waals surface area contributed by atoms with Gasteiger partial charge in [0.25, 0.3) is 5.91 Å². The first-order chi connectivity index (χ1) is 13.7. The van der Waals surface area contributed by atoms with E-state index in [-0.39, 0.29) is 23.6 Å². The molecule has 0 aliphatic rings. The molecule has 0 atom stereocenters. The maximum absolute atomic E-state index is 12.9. The Balaban J connectivity index is 1.75. The molecule has 1 N–H and O–H groups in total. The predicted molar refractivity (Wildman–Crippen MR) is 100 cm³/mol. The Morgan fingerprint density at radius 2 is 1.86 bits per heavy atom. The monoisotopic (exact) mass is 376 g/mol. The minimum Gasteiger partial charge on any atom is -0.462 e. The van der Waals surface area contributed by atoms with Gasteiger partial charge >= 0.3 is 5.97 Å². The van der Waals surface area contributed by atoms with Gasteiger partial charge in [-0.1, -0.05) is 18.2 Å². The van der Waals surface area contributed by atoms with Crippen molar-refractivity contribution in [1.82, 2.24) is 24.4 Å². The fraction of sp³-hybridized carbons (Fsp3) is 0.105. The molecule has 4 rings (SSSR count). The third kappa shape index (κ3) is 3.09. The summed E-state index contributed by atoms with van der Waals surface area (Å²) < 4.78 is 8.06. The van der Waals surface area contributed by atoms with E-state index in [1.54, 1.807) is 25.4 Å². The smallest absolute Gasteiger partial charge is 0.343 e. The first-order valence-corrected chi connectivity index (χ1v) is 8.59. The summed E-state index contributed by atoms with van der Waals surface area (Å²) in [6.45, 7) is 1.92. The van der Waals surface area contributed by atoms with Crippen molar-refractivity contribution in [2.24, 2.45) is 0 Å². The van der Waals surface area contributed by atoms with Crippen molar-refractivity contribution in [2.75, 3.05) is 11.9 Å². The van der Waals surface area contributed by atoms with Gasteiger partial charge in [0.2, 0.25) is 0 Å². The number of ether oxygens (including phenoxy) is 1. The van der Waals surface area contributed by atoms with Crippen LogP contribution < -0.4 is 5.32 Å². The van der Waals surface area contributed by atoms with Gasteiger partial charge in [-0.15, -0.1) is 0 Å². The lowest BCUT2D eigenvalue weighted by Gasteiger charge is -2.10. The van der Waals surface area contributed by atoms with Crippen LogP contribution in [0.2, 0.25) is 0 Å². The van der Waals surface area contributed by atoms with Gasteiger partial charge in [-0.25, -0.2) is 19.0 Å². The Morgan fingerprint density at radius 1 is 1.07 bits per heavy atom. The normalized spacial score (nSPS) is 10.8. The number of nitrogens with zero attached hydrogens (tertiary/aromatic N) is 5. The van der Waals surface area contributed by atoms with Crippen LogP contribution in [0.4, 0.5) is 5.82 Å². The van der Waals surface area contributed by atoms with Crippen LogP contribution in [0.5, 0.6) is 0 Å². The number of aromatic nitrogens is 5. The van der Waals surface area contributed by atoms with Gasteiger partial charge in [0.1, 0.15) is 11.1 Å². The van der Waals surface area contributed by atoms with Crippen LogP contribution in [0, 0.1) is 0 Å². The summed E-state index contributed by atoms with van der Waals surface area (Å²) in [4.78, 5) is 29.4. The zero-order valence-corrected chi connectivity index (χ0v) is 14.9. The third-order valence-corrected chi connectivity index (χ3v) is 4.02. The summed E-state index contributed by atoms with van der Waals surface area (Å²) in [5.74, 6) is -0.820. The fourth-order valence-electron chi connectivity index (χ4n) is 2.75. The van der Waals surface area contributed by atoms with Crippen molar-refractivity contribution >= 4 is 23.3 Å². The molecule has 3 aromatic heterocycles. The molecule has 4 aromatic rings. The molecule has 28 heavy (non-hydrogen) atoms. The second-order valence-corrected chi connectivity index (χ2v) is 5.77. The van der Waals surface area contributed by atoms with E-state index in [1.807, 2.05) is 30.3 Å². The number of benzene rings is 1. The van der Waals surface area contributed by atoms with Crippen LogP contribution in [0.3, 0.4) is 0 Å². The minimum atomic E-state index is -0.571. The largest absolute Gasteiger partial charge is 0.462 e. The molecule has 3 heterocycles. The maximum atomic E-state index is 12.9. The summed E-state index contributed by atoms with van der Waals surface area (Å²) in [5, 5.41) is 11.1. The maximum Gasteiger partial charge on any atom is 0.343 e. The van der Waals surface area contributed by atoms with E-state index in [2.05, 4.69) is 20.5 Å². The second-order valence-electron chi connectivity index (χ2n) is 5.77. The van der Waals surface area contributed by atoms with Crippen molar-refractivity contribution in [2.45, 2.75) is 6.92 Å². The summed E-state index contributed by atoms with van der Waals surface area (Å²) in [7, 11) is 0. The molecule has 0 bridgehead atoms. The average molecular weight is 376 g/mol. The molecule has 0 saturated heterocycles. The Labute approximate surface area is 159 Å². The zero-order valence-electron chi connectivity index (χ0n) is 14.9. The van der Waals surface area contributed by atoms with Gasteiger partial charge in [0.15, 0.2) is 11.5 Å². The average Bonchev–Trinajstić information content (AvgIpc) is 3.33. The molecule has 0 saturated carbocycles. The SMILES string of the molecule is CCOC(=O)c1cnn(-c2ccccc2)c1NC(=O)c1cnn2cccnc12. The summed E-state index contributed by atoms with van der Waals surface area (Å²) >= 11 is 0. The van der Waals surface area contributed by atoms with Crippen LogP contribution in [0.15, 0.2) is 61.2 Å². The number of hydrogen-bond donors (Lipinski definition) is 1. The molecule has 0 unspecified atom stereocenters. The van der Waals surface area contributed by atoms with Gasteiger partial charge in [0.05, 0.1) is 24.7 Å². The van der Waals surface area contributed by atoms with Gasteiger partial charge in [-0.2, -0.15) is 10.2 Å². The first kappa shape index (κ1) is 17.4. The van der Waals surface area contributed by atoms with Crippen molar-refractivity contribution in [1.29, 1.82) is 0 Å². The Kier molecular flexibility index (Phi) is 4.55. The zero-order chi connectivity index (χ0) is 19.5. The Bertz CT molecular complexity index is 1150. The Hall–Kier alpha value is -4.01. The van der Waals surface area contributed by atoms with Gasteiger partial charge in [-0.05, 0) is 25.1 Å². The van der Waals surface area contributed by atoms with E-state index in [0.29, 0.717) is 11.3 Å². The highest BCUT2D eigenvalue weighted by atomic mass is 16.5. The minimum absolute atomic E-state index is 0.156.